The molecule has 1 amide bonds. The van der Waals surface area contributed by atoms with Crippen molar-refractivity contribution in [2.75, 3.05) is 5.32 Å². The van der Waals surface area contributed by atoms with Gasteiger partial charge in [-0.1, -0.05) is 72.8 Å². The van der Waals surface area contributed by atoms with Gasteiger partial charge >= 0.3 is 0 Å². The summed E-state index contributed by atoms with van der Waals surface area (Å²) in [4.78, 5) is 11.8. The average molecular weight is 476 g/mol. The predicted octanol–water partition coefficient (Wildman–Crippen LogP) is 6.59. The van der Waals surface area contributed by atoms with Crippen molar-refractivity contribution in [1.82, 2.24) is 10.6 Å². The number of rotatable bonds is 6. The lowest BCUT2D eigenvalue weighted by molar-refractivity contribution is -0.115. The summed E-state index contributed by atoms with van der Waals surface area (Å²) in [6, 6.07) is 26.9. The third-order valence-electron chi connectivity index (χ3n) is 5.84. The second-order valence-electron chi connectivity index (χ2n) is 8.40. The van der Waals surface area contributed by atoms with Crippen molar-refractivity contribution in [2.45, 2.75) is 12.8 Å². The minimum atomic E-state index is -0.211. The third kappa shape index (κ3) is 5.65. The quantitative estimate of drug-likeness (QED) is 0.214. The fraction of sp³-hybridized carbons (Fsp3) is 0.0667. The molecule has 3 N–H and O–H groups in total. The molecule has 172 valence electrons. The zero-order valence-electron chi connectivity index (χ0n) is 19.1. The van der Waals surface area contributed by atoms with Gasteiger partial charge in [0, 0.05) is 11.4 Å². The molecule has 1 heterocycles. The van der Waals surface area contributed by atoms with Gasteiger partial charge in [-0.2, -0.15) is 0 Å². The van der Waals surface area contributed by atoms with E-state index in [1.807, 2.05) is 30.3 Å². The number of allylic oxidation sites excluding steroid dienone is 5. The highest BCUT2D eigenvalue weighted by Crippen LogP contribution is 2.30. The Balaban J connectivity index is 1.31. The second kappa shape index (κ2) is 10.4. The van der Waals surface area contributed by atoms with Crippen LogP contribution >= 0.6 is 12.2 Å². The second-order valence-corrected chi connectivity index (χ2v) is 8.81. The van der Waals surface area contributed by atoms with Crippen molar-refractivity contribution in [2.24, 2.45) is 0 Å². The molecule has 5 rings (SSSR count). The summed E-state index contributed by atoms with van der Waals surface area (Å²) in [6.07, 6.45) is 13.0. The fourth-order valence-electron chi connectivity index (χ4n) is 4.07. The average Bonchev–Trinajstić information content (AvgIpc) is 3.22. The summed E-state index contributed by atoms with van der Waals surface area (Å²) in [6.45, 7) is 0. The largest absolute Gasteiger partial charge is 0.356 e. The Kier molecular flexibility index (Phi) is 6.68. The van der Waals surface area contributed by atoms with E-state index in [0.29, 0.717) is 10.8 Å². The molecule has 3 aromatic carbocycles. The molecular formula is C30H25N3OS. The molecule has 1 saturated heterocycles. The van der Waals surface area contributed by atoms with Crippen LogP contribution in [0.25, 0.3) is 17.7 Å². The summed E-state index contributed by atoms with van der Waals surface area (Å²) in [5, 5.41) is 9.20. The Bertz CT molecular complexity index is 1370. The summed E-state index contributed by atoms with van der Waals surface area (Å²) < 4.78 is 0. The van der Waals surface area contributed by atoms with Gasteiger partial charge in [0.15, 0.2) is 5.11 Å². The van der Waals surface area contributed by atoms with Crippen molar-refractivity contribution >= 4 is 52.3 Å². The molecule has 0 spiro atoms. The smallest absolute Gasteiger partial charge is 0.273 e. The number of benzene rings is 3. The molecule has 3 aromatic rings. The van der Waals surface area contributed by atoms with Gasteiger partial charge in [0.2, 0.25) is 0 Å². The minimum Gasteiger partial charge on any atom is -0.356 e. The van der Waals surface area contributed by atoms with Crippen molar-refractivity contribution in [3.63, 3.8) is 0 Å². The van der Waals surface area contributed by atoms with E-state index >= 15 is 0 Å². The van der Waals surface area contributed by atoms with E-state index in [0.717, 1.165) is 35.3 Å². The summed E-state index contributed by atoms with van der Waals surface area (Å²) in [7, 11) is 0. The number of hydrogen-bond acceptors (Lipinski definition) is 3. The Hall–Kier alpha value is -4.22. The molecule has 2 aliphatic rings. The van der Waals surface area contributed by atoms with Crippen molar-refractivity contribution < 1.29 is 4.79 Å². The van der Waals surface area contributed by atoms with Crippen LogP contribution in [0, 0.1) is 0 Å². The van der Waals surface area contributed by atoms with Gasteiger partial charge in [0.25, 0.3) is 5.91 Å². The van der Waals surface area contributed by atoms with E-state index in [9.17, 15) is 4.79 Å². The normalized spacial score (nSPS) is 16.6. The number of amides is 1. The predicted molar refractivity (Wildman–Crippen MR) is 149 cm³/mol. The Labute approximate surface area is 210 Å². The third-order valence-corrected chi connectivity index (χ3v) is 6.05. The highest BCUT2D eigenvalue weighted by atomic mass is 32.1. The van der Waals surface area contributed by atoms with E-state index in [2.05, 4.69) is 88.8 Å². The monoisotopic (exact) mass is 475 g/mol. The molecule has 0 radical (unpaired) electrons. The van der Waals surface area contributed by atoms with Gasteiger partial charge in [-0.15, -0.1) is 0 Å². The number of anilines is 2. The standard InChI is InChI=1S/C30H25N3OS/c34-29-28(32-30(35)33-29)20-22-13-17-26(18-14-22)31-25-15-11-21(12-16-25)19-27(23-7-3-1-4-8-23)24-9-5-2-6-10-24/h1,3-5,7-20,31H,2,6H2,(H2,32,33,34,35)/b27-19+,28-20-. The maximum atomic E-state index is 11.8. The maximum absolute atomic E-state index is 11.8. The molecule has 1 aliphatic carbocycles. The van der Waals surface area contributed by atoms with Crippen molar-refractivity contribution in [3.05, 3.63) is 125 Å². The fourth-order valence-corrected chi connectivity index (χ4v) is 4.27. The SMILES string of the molecule is O=C1NC(=S)N/C1=C\c1ccc(Nc2ccc(/C=C(/C3=CCCC=C3)c3ccccc3)cc2)cc1. The van der Waals surface area contributed by atoms with Crippen LogP contribution in [-0.2, 0) is 4.79 Å². The van der Waals surface area contributed by atoms with Crippen LogP contribution < -0.4 is 16.0 Å². The lowest BCUT2D eigenvalue weighted by atomic mass is 9.92. The molecule has 0 bridgehead atoms. The van der Waals surface area contributed by atoms with E-state index in [1.165, 1.54) is 16.7 Å². The van der Waals surface area contributed by atoms with Crippen LogP contribution in [0.4, 0.5) is 11.4 Å². The van der Waals surface area contributed by atoms with E-state index in [4.69, 9.17) is 12.2 Å². The van der Waals surface area contributed by atoms with Gasteiger partial charge in [0.1, 0.15) is 5.70 Å². The van der Waals surface area contributed by atoms with Crippen LogP contribution in [-0.4, -0.2) is 11.0 Å². The molecule has 1 aliphatic heterocycles. The van der Waals surface area contributed by atoms with Gasteiger partial charge in [0.05, 0.1) is 0 Å². The molecular weight excluding hydrogens is 450 g/mol. The molecule has 0 unspecified atom stereocenters. The van der Waals surface area contributed by atoms with E-state index < -0.39 is 0 Å². The molecule has 0 aromatic heterocycles. The Morgan fingerprint density at radius 3 is 2.11 bits per heavy atom. The summed E-state index contributed by atoms with van der Waals surface area (Å²) in [5.41, 5.74) is 8.22. The van der Waals surface area contributed by atoms with Crippen LogP contribution in [0.2, 0.25) is 0 Å². The number of carbonyl (C=O) groups excluding carboxylic acids is 1. The molecule has 0 atom stereocenters. The molecule has 1 fully saturated rings. The van der Waals surface area contributed by atoms with Gasteiger partial charge in [-0.25, -0.2) is 0 Å². The van der Waals surface area contributed by atoms with Crippen LogP contribution in [0.15, 0.2) is 108 Å². The topological polar surface area (TPSA) is 53.2 Å². The summed E-state index contributed by atoms with van der Waals surface area (Å²) in [5.74, 6) is -0.211. The van der Waals surface area contributed by atoms with Crippen molar-refractivity contribution in [3.8, 4) is 0 Å². The van der Waals surface area contributed by atoms with Gasteiger partial charge < -0.3 is 10.6 Å². The number of hydrogen-bond donors (Lipinski definition) is 3. The van der Waals surface area contributed by atoms with E-state index in [-0.39, 0.29) is 5.91 Å². The highest BCUT2D eigenvalue weighted by Gasteiger charge is 2.19. The minimum absolute atomic E-state index is 0.211. The molecule has 5 heteroatoms. The zero-order valence-corrected chi connectivity index (χ0v) is 19.9. The van der Waals surface area contributed by atoms with E-state index in [1.54, 1.807) is 6.08 Å². The van der Waals surface area contributed by atoms with Crippen molar-refractivity contribution in [1.29, 1.82) is 0 Å². The number of carbonyl (C=O) groups is 1. The number of thiocarbonyl (C=S) groups is 1. The highest BCUT2D eigenvalue weighted by molar-refractivity contribution is 7.80. The molecule has 0 saturated carbocycles. The van der Waals surface area contributed by atoms with Gasteiger partial charge in [-0.3, -0.25) is 10.1 Å². The lowest BCUT2D eigenvalue weighted by Gasteiger charge is -2.13. The first-order chi connectivity index (χ1) is 17.1. The first kappa shape index (κ1) is 22.6. The number of nitrogens with one attached hydrogen (secondary N) is 3. The zero-order chi connectivity index (χ0) is 24.0. The maximum Gasteiger partial charge on any atom is 0.273 e. The first-order valence-corrected chi connectivity index (χ1v) is 12.0. The lowest BCUT2D eigenvalue weighted by Crippen LogP contribution is -2.21. The Morgan fingerprint density at radius 2 is 1.51 bits per heavy atom. The molecule has 35 heavy (non-hydrogen) atoms. The van der Waals surface area contributed by atoms with Gasteiger partial charge in [-0.05, 0) is 89.3 Å². The molecule has 4 nitrogen and oxygen atoms in total. The van der Waals surface area contributed by atoms with Crippen LogP contribution in [0.1, 0.15) is 29.5 Å². The van der Waals surface area contributed by atoms with Crippen LogP contribution in [0.3, 0.4) is 0 Å². The summed E-state index contributed by atoms with van der Waals surface area (Å²) >= 11 is 4.97. The Morgan fingerprint density at radius 1 is 0.829 bits per heavy atom. The van der Waals surface area contributed by atoms with Crippen LogP contribution in [0.5, 0.6) is 0 Å². The first-order valence-electron chi connectivity index (χ1n) is 11.6.